The summed E-state index contributed by atoms with van der Waals surface area (Å²) in [5, 5.41) is 17.0. The molecule has 7 heteroatoms. The Hall–Kier alpha value is -2.25. The summed E-state index contributed by atoms with van der Waals surface area (Å²) in [5.41, 5.74) is 1.60. The Balaban J connectivity index is 1.41. The molecule has 2 atom stereocenters. The number of nitrogens with zero attached hydrogens (tertiary/aromatic N) is 3. The molecule has 1 aliphatic carbocycles. The van der Waals surface area contributed by atoms with Crippen LogP contribution in [0.4, 0.5) is 10.1 Å². The van der Waals surface area contributed by atoms with Gasteiger partial charge in [0.15, 0.2) is 0 Å². The van der Waals surface area contributed by atoms with Gasteiger partial charge in [-0.05, 0) is 37.0 Å². The van der Waals surface area contributed by atoms with Crippen molar-refractivity contribution < 1.29 is 14.3 Å². The van der Waals surface area contributed by atoms with Gasteiger partial charge in [-0.15, -0.1) is 0 Å². The Morgan fingerprint density at radius 1 is 1.38 bits per heavy atom. The van der Waals surface area contributed by atoms with E-state index in [0.29, 0.717) is 12.2 Å². The average Bonchev–Trinajstić information content (AvgIpc) is 3.25. The molecule has 6 nitrogen and oxygen atoms in total. The van der Waals surface area contributed by atoms with Crippen molar-refractivity contribution in [3.63, 3.8) is 0 Å². The summed E-state index contributed by atoms with van der Waals surface area (Å²) in [6.45, 7) is 1.36. The molecule has 26 heavy (non-hydrogen) atoms. The van der Waals surface area contributed by atoms with Crippen LogP contribution < -0.4 is 5.32 Å². The Kier molecular flexibility index (Phi) is 4.74. The summed E-state index contributed by atoms with van der Waals surface area (Å²) < 4.78 is 15.3. The van der Waals surface area contributed by atoms with E-state index in [9.17, 15) is 14.3 Å². The number of hydrogen-bond acceptors (Lipinski definition) is 4. The van der Waals surface area contributed by atoms with Crippen LogP contribution in [0.2, 0.25) is 0 Å². The molecule has 2 aromatic rings. The molecule has 2 fully saturated rings. The summed E-state index contributed by atoms with van der Waals surface area (Å²) in [7, 11) is 0. The van der Waals surface area contributed by atoms with Crippen LogP contribution in [-0.2, 0) is 11.3 Å². The minimum Gasteiger partial charge on any atom is -0.395 e. The molecule has 1 amide bonds. The van der Waals surface area contributed by atoms with Gasteiger partial charge in [0.25, 0.3) is 0 Å². The standard InChI is InChI=1S/C19H23FN4O2/c20-15-3-1-2-13(6-15)9-23-11-17(7-18(23)12-25)24-10-16(8-21-24)22-19(26)14-4-5-14/h1-3,6,8,10,14,17-18,25H,4-5,7,9,11-12H2,(H,22,26)/t17-,18-/m0/s1. The fraction of sp³-hybridized carbons (Fsp3) is 0.474. The predicted molar refractivity (Wildman–Crippen MR) is 94.9 cm³/mol. The fourth-order valence-corrected chi connectivity index (χ4v) is 3.59. The van der Waals surface area contributed by atoms with Gasteiger partial charge in [-0.1, -0.05) is 12.1 Å². The smallest absolute Gasteiger partial charge is 0.227 e. The highest BCUT2D eigenvalue weighted by atomic mass is 19.1. The fourth-order valence-electron chi connectivity index (χ4n) is 3.59. The van der Waals surface area contributed by atoms with Crippen molar-refractivity contribution >= 4 is 11.6 Å². The highest BCUT2D eigenvalue weighted by Crippen LogP contribution is 2.31. The number of benzene rings is 1. The molecule has 0 spiro atoms. The molecule has 2 N–H and O–H groups in total. The molecule has 1 aromatic heterocycles. The van der Waals surface area contributed by atoms with Gasteiger partial charge in [-0.25, -0.2) is 4.39 Å². The molecular formula is C19H23FN4O2. The number of aliphatic hydroxyl groups is 1. The second-order valence-electron chi connectivity index (χ2n) is 7.26. The van der Waals surface area contributed by atoms with Crippen LogP contribution in [0.5, 0.6) is 0 Å². The summed E-state index contributed by atoms with van der Waals surface area (Å²) in [4.78, 5) is 14.0. The largest absolute Gasteiger partial charge is 0.395 e. The maximum Gasteiger partial charge on any atom is 0.227 e. The highest BCUT2D eigenvalue weighted by molar-refractivity contribution is 5.93. The van der Waals surface area contributed by atoms with Crippen molar-refractivity contribution in [1.82, 2.24) is 14.7 Å². The van der Waals surface area contributed by atoms with E-state index in [4.69, 9.17) is 0 Å². The molecule has 138 valence electrons. The first kappa shape index (κ1) is 17.2. The van der Waals surface area contributed by atoms with Crippen LogP contribution >= 0.6 is 0 Å². The number of hydrogen-bond donors (Lipinski definition) is 2. The van der Waals surface area contributed by atoms with Gasteiger partial charge in [0.2, 0.25) is 5.91 Å². The minimum absolute atomic E-state index is 0.0111. The van der Waals surface area contributed by atoms with Crippen LogP contribution in [0.15, 0.2) is 36.7 Å². The molecule has 1 aliphatic heterocycles. The minimum atomic E-state index is -0.248. The van der Waals surface area contributed by atoms with E-state index in [1.54, 1.807) is 12.3 Å². The van der Waals surface area contributed by atoms with E-state index < -0.39 is 0 Å². The van der Waals surface area contributed by atoms with Crippen molar-refractivity contribution in [2.75, 3.05) is 18.5 Å². The van der Waals surface area contributed by atoms with E-state index in [2.05, 4.69) is 15.3 Å². The van der Waals surface area contributed by atoms with Crippen molar-refractivity contribution in [2.45, 2.75) is 37.9 Å². The van der Waals surface area contributed by atoms with Crippen LogP contribution in [0.25, 0.3) is 0 Å². The molecule has 1 saturated heterocycles. The van der Waals surface area contributed by atoms with Gasteiger partial charge in [0.1, 0.15) is 5.82 Å². The van der Waals surface area contributed by atoms with E-state index in [0.717, 1.165) is 31.4 Å². The number of halogens is 1. The molecule has 1 saturated carbocycles. The van der Waals surface area contributed by atoms with Gasteiger partial charge in [-0.2, -0.15) is 5.10 Å². The third-order valence-corrected chi connectivity index (χ3v) is 5.18. The zero-order chi connectivity index (χ0) is 18.1. The predicted octanol–water partition coefficient (Wildman–Crippen LogP) is 2.18. The zero-order valence-electron chi connectivity index (χ0n) is 14.5. The highest BCUT2D eigenvalue weighted by Gasteiger charge is 2.33. The number of anilines is 1. The van der Waals surface area contributed by atoms with Crippen LogP contribution in [0, 0.1) is 11.7 Å². The molecule has 2 heterocycles. The lowest BCUT2D eigenvalue weighted by Crippen LogP contribution is -2.31. The lowest BCUT2D eigenvalue weighted by atomic mass is 10.1. The summed E-state index contributed by atoms with van der Waals surface area (Å²) in [6, 6.07) is 6.69. The van der Waals surface area contributed by atoms with Gasteiger partial charge in [0.05, 0.1) is 24.5 Å². The van der Waals surface area contributed by atoms with Gasteiger partial charge < -0.3 is 10.4 Å². The lowest BCUT2D eigenvalue weighted by Gasteiger charge is -2.22. The lowest BCUT2D eigenvalue weighted by molar-refractivity contribution is -0.117. The molecule has 0 unspecified atom stereocenters. The maximum atomic E-state index is 13.4. The zero-order valence-corrected chi connectivity index (χ0v) is 14.5. The molecular weight excluding hydrogens is 335 g/mol. The number of carbonyl (C=O) groups is 1. The van der Waals surface area contributed by atoms with Crippen LogP contribution in [-0.4, -0.2) is 44.9 Å². The van der Waals surface area contributed by atoms with Crippen molar-refractivity contribution in [3.8, 4) is 0 Å². The summed E-state index contributed by atoms with van der Waals surface area (Å²) in [6.07, 6.45) is 6.23. The normalized spacial score (nSPS) is 23.3. The summed E-state index contributed by atoms with van der Waals surface area (Å²) in [5.74, 6) is -0.0239. The third-order valence-electron chi connectivity index (χ3n) is 5.18. The molecule has 0 bridgehead atoms. The van der Waals surface area contributed by atoms with E-state index in [1.165, 1.54) is 12.1 Å². The first-order valence-electron chi connectivity index (χ1n) is 9.07. The molecule has 2 aliphatic rings. The van der Waals surface area contributed by atoms with E-state index in [-0.39, 0.29) is 36.3 Å². The Morgan fingerprint density at radius 2 is 2.23 bits per heavy atom. The van der Waals surface area contributed by atoms with Gasteiger partial charge in [-0.3, -0.25) is 14.4 Å². The Labute approximate surface area is 151 Å². The third kappa shape index (κ3) is 3.78. The second-order valence-corrected chi connectivity index (χ2v) is 7.26. The summed E-state index contributed by atoms with van der Waals surface area (Å²) >= 11 is 0. The van der Waals surface area contributed by atoms with Crippen LogP contribution in [0.3, 0.4) is 0 Å². The molecule has 4 rings (SSSR count). The molecule has 0 radical (unpaired) electrons. The topological polar surface area (TPSA) is 70.4 Å². The first-order chi connectivity index (χ1) is 12.6. The number of nitrogens with one attached hydrogen (secondary N) is 1. The quantitative estimate of drug-likeness (QED) is 0.830. The van der Waals surface area contributed by atoms with E-state index >= 15 is 0 Å². The number of rotatable bonds is 6. The second kappa shape index (κ2) is 7.17. The first-order valence-corrected chi connectivity index (χ1v) is 9.07. The number of likely N-dealkylation sites (tertiary alicyclic amines) is 1. The Morgan fingerprint density at radius 3 is 2.96 bits per heavy atom. The molecule has 1 aromatic carbocycles. The van der Waals surface area contributed by atoms with Gasteiger partial charge in [0, 0.05) is 31.2 Å². The monoisotopic (exact) mass is 358 g/mol. The van der Waals surface area contributed by atoms with E-state index in [1.807, 2.05) is 16.9 Å². The number of amides is 1. The average molecular weight is 358 g/mol. The number of aromatic nitrogens is 2. The number of aliphatic hydroxyl groups excluding tert-OH is 1. The van der Waals surface area contributed by atoms with Gasteiger partial charge >= 0.3 is 0 Å². The van der Waals surface area contributed by atoms with Crippen LogP contribution in [0.1, 0.15) is 30.9 Å². The Bertz CT molecular complexity index is 789. The number of carbonyl (C=O) groups excluding carboxylic acids is 1. The maximum absolute atomic E-state index is 13.4. The van der Waals surface area contributed by atoms with Crippen molar-refractivity contribution in [3.05, 3.63) is 48.0 Å². The SMILES string of the molecule is O=C(Nc1cnn([C@H]2C[C@@H](CO)N(Cc3cccc(F)c3)C2)c1)C1CC1. The van der Waals surface area contributed by atoms with Crippen molar-refractivity contribution in [2.24, 2.45) is 5.92 Å². The van der Waals surface area contributed by atoms with Crippen molar-refractivity contribution in [1.29, 1.82) is 0 Å².